The van der Waals surface area contributed by atoms with Crippen LogP contribution in [0.25, 0.3) is 0 Å². The summed E-state index contributed by atoms with van der Waals surface area (Å²) in [7, 11) is -3.76. The molecule has 1 rings (SSSR count). The molecule has 1 aromatic rings. The molecule has 1 heterocycles. The average molecular weight is 386 g/mol. The van der Waals surface area contributed by atoms with Gasteiger partial charge in [-0.3, -0.25) is 0 Å². The number of carboxylic acid groups (broad SMARTS) is 1. The van der Waals surface area contributed by atoms with E-state index in [4.69, 9.17) is 10.2 Å². The SMILES string of the molecule is CCC(CCO)CNS(=O)(=O)c1cc(C(=O)O)sc1Br. The first kappa shape index (κ1) is 17.6. The minimum absolute atomic E-state index is 0.00550. The number of sulfonamides is 1. The zero-order chi connectivity index (χ0) is 15.3. The lowest BCUT2D eigenvalue weighted by molar-refractivity contribution is 0.0702. The van der Waals surface area contributed by atoms with Crippen molar-refractivity contribution in [2.45, 2.75) is 24.7 Å². The lowest BCUT2D eigenvalue weighted by Crippen LogP contribution is -2.29. The van der Waals surface area contributed by atoms with E-state index in [-0.39, 0.29) is 32.6 Å². The molecule has 1 unspecified atom stereocenters. The van der Waals surface area contributed by atoms with Crippen molar-refractivity contribution in [3.63, 3.8) is 0 Å². The van der Waals surface area contributed by atoms with Crippen molar-refractivity contribution in [1.29, 1.82) is 0 Å². The zero-order valence-corrected chi connectivity index (χ0v) is 14.0. The van der Waals surface area contributed by atoms with Gasteiger partial charge in [-0.25, -0.2) is 17.9 Å². The van der Waals surface area contributed by atoms with E-state index in [0.29, 0.717) is 6.42 Å². The summed E-state index contributed by atoms with van der Waals surface area (Å²) in [4.78, 5) is 10.7. The van der Waals surface area contributed by atoms with Crippen LogP contribution in [0.5, 0.6) is 0 Å². The summed E-state index contributed by atoms with van der Waals surface area (Å²) in [5, 5.41) is 17.7. The summed E-state index contributed by atoms with van der Waals surface area (Å²) in [5.41, 5.74) is 0. The predicted molar refractivity (Wildman–Crippen MR) is 79.7 cm³/mol. The molecular weight excluding hydrogens is 370 g/mol. The van der Waals surface area contributed by atoms with E-state index in [0.717, 1.165) is 23.8 Å². The Hall–Kier alpha value is -0.480. The van der Waals surface area contributed by atoms with E-state index in [2.05, 4.69) is 20.7 Å². The Morgan fingerprint density at radius 3 is 2.65 bits per heavy atom. The maximum absolute atomic E-state index is 12.1. The lowest BCUT2D eigenvalue weighted by Gasteiger charge is -2.14. The standard InChI is InChI=1S/C11H16BrNO5S2/c1-2-7(3-4-14)6-13-20(17,18)9-5-8(11(15)16)19-10(9)12/h5,7,13-14H,2-4,6H2,1H3,(H,15,16). The molecular formula is C11H16BrNO5S2. The smallest absolute Gasteiger partial charge is 0.345 e. The van der Waals surface area contributed by atoms with Crippen molar-refractivity contribution in [2.24, 2.45) is 5.92 Å². The van der Waals surface area contributed by atoms with E-state index in [1.165, 1.54) is 0 Å². The molecule has 114 valence electrons. The lowest BCUT2D eigenvalue weighted by atomic mass is 10.0. The van der Waals surface area contributed by atoms with Gasteiger partial charge in [-0.15, -0.1) is 11.3 Å². The first-order valence-corrected chi connectivity index (χ1v) is 9.04. The molecule has 6 nitrogen and oxygen atoms in total. The van der Waals surface area contributed by atoms with Crippen LogP contribution in [0, 0.1) is 5.92 Å². The quantitative estimate of drug-likeness (QED) is 0.633. The summed E-state index contributed by atoms with van der Waals surface area (Å²) < 4.78 is 27.0. The Bertz CT molecular complexity index is 569. The van der Waals surface area contributed by atoms with E-state index < -0.39 is 16.0 Å². The van der Waals surface area contributed by atoms with Crippen LogP contribution in [0.15, 0.2) is 14.7 Å². The van der Waals surface area contributed by atoms with Crippen LogP contribution < -0.4 is 4.72 Å². The van der Waals surface area contributed by atoms with Gasteiger partial charge >= 0.3 is 5.97 Å². The second-order valence-corrected chi connectivity index (χ2v) is 8.30. The zero-order valence-electron chi connectivity index (χ0n) is 10.8. The summed E-state index contributed by atoms with van der Waals surface area (Å²) in [6.45, 7) is 2.13. The molecule has 3 N–H and O–H groups in total. The molecule has 1 aromatic heterocycles. The highest BCUT2D eigenvalue weighted by molar-refractivity contribution is 9.11. The van der Waals surface area contributed by atoms with E-state index in [1.807, 2.05) is 6.92 Å². The fourth-order valence-corrected chi connectivity index (χ4v) is 5.10. The van der Waals surface area contributed by atoms with E-state index in [9.17, 15) is 13.2 Å². The molecule has 0 aromatic carbocycles. The van der Waals surface area contributed by atoms with Gasteiger partial charge in [0.15, 0.2) is 0 Å². The van der Waals surface area contributed by atoms with Gasteiger partial charge in [0, 0.05) is 13.2 Å². The van der Waals surface area contributed by atoms with Gasteiger partial charge in [0.25, 0.3) is 0 Å². The second-order valence-electron chi connectivity index (χ2n) is 4.19. The molecule has 0 aliphatic heterocycles. The minimum Gasteiger partial charge on any atom is -0.477 e. The molecule has 0 fully saturated rings. The van der Waals surface area contributed by atoms with Crippen molar-refractivity contribution in [1.82, 2.24) is 4.72 Å². The second kappa shape index (κ2) is 7.51. The average Bonchev–Trinajstić information content (AvgIpc) is 2.77. The number of aromatic carboxylic acids is 1. The van der Waals surface area contributed by atoms with Gasteiger partial charge in [-0.05, 0) is 34.3 Å². The maximum Gasteiger partial charge on any atom is 0.345 e. The van der Waals surface area contributed by atoms with Crippen LogP contribution in [-0.2, 0) is 10.0 Å². The third-order valence-corrected chi connectivity index (χ3v) is 6.50. The minimum atomic E-state index is -3.76. The molecule has 0 bridgehead atoms. The number of hydrogen-bond acceptors (Lipinski definition) is 5. The molecule has 0 aliphatic carbocycles. The topological polar surface area (TPSA) is 104 Å². The highest BCUT2D eigenvalue weighted by atomic mass is 79.9. The van der Waals surface area contributed by atoms with Crippen LogP contribution in [0.2, 0.25) is 0 Å². The molecule has 0 saturated carbocycles. The van der Waals surface area contributed by atoms with Crippen LogP contribution in [0.4, 0.5) is 0 Å². The number of carboxylic acids is 1. The van der Waals surface area contributed by atoms with Gasteiger partial charge in [-0.2, -0.15) is 0 Å². The number of thiophene rings is 1. The number of nitrogens with one attached hydrogen (secondary N) is 1. The largest absolute Gasteiger partial charge is 0.477 e. The predicted octanol–water partition coefficient (Wildman–Crippen LogP) is 1.90. The molecule has 0 spiro atoms. The Kier molecular flexibility index (Phi) is 6.59. The molecule has 20 heavy (non-hydrogen) atoms. The summed E-state index contributed by atoms with van der Waals surface area (Å²) in [5.74, 6) is -1.12. The molecule has 9 heteroatoms. The summed E-state index contributed by atoms with van der Waals surface area (Å²) in [6, 6.07) is 1.13. The Morgan fingerprint density at radius 1 is 1.55 bits per heavy atom. The van der Waals surface area contributed by atoms with Crippen LogP contribution in [-0.4, -0.2) is 37.8 Å². The van der Waals surface area contributed by atoms with Crippen LogP contribution in [0.3, 0.4) is 0 Å². The molecule has 0 saturated heterocycles. The van der Waals surface area contributed by atoms with Gasteiger partial charge in [0.2, 0.25) is 10.0 Å². The fourth-order valence-electron chi connectivity index (χ4n) is 1.58. The molecule has 0 aliphatic rings. The number of halogens is 1. The highest BCUT2D eigenvalue weighted by Gasteiger charge is 2.23. The number of aliphatic hydroxyl groups excluding tert-OH is 1. The molecule has 1 atom stereocenters. The van der Waals surface area contributed by atoms with Gasteiger partial charge in [-0.1, -0.05) is 13.3 Å². The first-order valence-electron chi connectivity index (χ1n) is 5.95. The number of rotatable bonds is 8. The Balaban J connectivity index is 2.86. The Labute approximate surface area is 130 Å². The first-order chi connectivity index (χ1) is 9.31. The Morgan fingerprint density at radius 2 is 2.20 bits per heavy atom. The molecule has 0 amide bonds. The van der Waals surface area contributed by atoms with Crippen LogP contribution >= 0.6 is 27.3 Å². The monoisotopic (exact) mass is 385 g/mol. The van der Waals surface area contributed by atoms with Gasteiger partial charge < -0.3 is 10.2 Å². The fraction of sp³-hybridized carbons (Fsp3) is 0.545. The van der Waals surface area contributed by atoms with Crippen molar-refractivity contribution in [3.05, 3.63) is 14.7 Å². The van der Waals surface area contributed by atoms with Crippen molar-refractivity contribution in [2.75, 3.05) is 13.2 Å². The van der Waals surface area contributed by atoms with E-state index >= 15 is 0 Å². The number of aliphatic hydroxyl groups is 1. The van der Waals surface area contributed by atoms with Gasteiger partial charge in [0.05, 0.1) is 3.79 Å². The number of hydrogen-bond donors (Lipinski definition) is 3. The third kappa shape index (κ3) is 4.52. The van der Waals surface area contributed by atoms with E-state index in [1.54, 1.807) is 0 Å². The summed E-state index contributed by atoms with van der Waals surface area (Å²) in [6.07, 6.45) is 1.26. The van der Waals surface area contributed by atoms with Crippen molar-refractivity contribution >= 4 is 43.3 Å². The number of carbonyl (C=O) groups is 1. The molecule has 0 radical (unpaired) electrons. The highest BCUT2D eigenvalue weighted by Crippen LogP contribution is 2.31. The van der Waals surface area contributed by atoms with Crippen LogP contribution in [0.1, 0.15) is 29.4 Å². The summed E-state index contributed by atoms with van der Waals surface area (Å²) >= 11 is 3.93. The maximum atomic E-state index is 12.1. The third-order valence-electron chi connectivity index (χ3n) is 2.83. The van der Waals surface area contributed by atoms with Crippen molar-refractivity contribution in [3.8, 4) is 0 Å². The normalized spacial score (nSPS) is 13.3. The van der Waals surface area contributed by atoms with Crippen molar-refractivity contribution < 1.29 is 23.4 Å². The van der Waals surface area contributed by atoms with Gasteiger partial charge in [0.1, 0.15) is 9.77 Å².